The lowest BCUT2D eigenvalue weighted by molar-refractivity contribution is -0.140. The molecule has 0 aromatic heterocycles. The Morgan fingerprint density at radius 1 is 1.17 bits per heavy atom. The number of hydrogen-bond donors (Lipinski definition) is 0. The second kappa shape index (κ2) is 9.94. The average Bonchev–Trinajstić information content (AvgIpc) is 2.06. The summed E-state index contributed by atoms with van der Waals surface area (Å²) in [5, 5.41) is 0. The molecule has 0 atom stereocenters. The Kier molecular flexibility index (Phi) is 11.2. The van der Waals surface area contributed by atoms with Gasteiger partial charge >= 0.3 is 11.9 Å². The van der Waals surface area contributed by atoms with E-state index in [9.17, 15) is 9.59 Å². The fraction of sp³-hybridized carbons (Fsp3) is 0.750. The maximum absolute atomic E-state index is 10.2. The molecule has 0 aromatic rings. The van der Waals surface area contributed by atoms with Crippen LogP contribution in [0.4, 0.5) is 0 Å². The van der Waals surface area contributed by atoms with Gasteiger partial charge in [0.25, 0.3) is 0 Å². The highest BCUT2D eigenvalue weighted by molar-refractivity contribution is 5.68. The van der Waals surface area contributed by atoms with Crippen molar-refractivity contribution in [2.75, 3.05) is 14.2 Å². The van der Waals surface area contributed by atoms with Crippen molar-refractivity contribution >= 4 is 11.9 Å². The van der Waals surface area contributed by atoms with Crippen LogP contribution < -0.4 is 0 Å². The van der Waals surface area contributed by atoms with E-state index in [1.54, 1.807) is 0 Å². The minimum absolute atomic E-state index is 0.123. The predicted molar refractivity (Wildman–Crippen MR) is 44.6 cm³/mol. The summed E-state index contributed by atoms with van der Waals surface area (Å²) < 4.78 is 8.46. The third-order valence-corrected chi connectivity index (χ3v) is 0.969. The summed E-state index contributed by atoms with van der Waals surface area (Å²) in [6, 6.07) is 0. The van der Waals surface area contributed by atoms with Gasteiger partial charge in [-0.05, 0) is 6.42 Å². The van der Waals surface area contributed by atoms with Crippen LogP contribution in [0.25, 0.3) is 0 Å². The summed E-state index contributed by atoms with van der Waals surface area (Å²) in [6.07, 6.45) is 1.41. The van der Waals surface area contributed by atoms with E-state index in [0.29, 0.717) is 6.42 Å². The largest absolute Gasteiger partial charge is 0.469 e. The average molecular weight is 176 g/mol. The molecular formula is C8H16O4. The van der Waals surface area contributed by atoms with Gasteiger partial charge in [0.05, 0.1) is 14.2 Å². The molecule has 0 saturated heterocycles. The molecule has 0 spiro atoms. The van der Waals surface area contributed by atoms with E-state index in [2.05, 4.69) is 9.47 Å². The summed E-state index contributed by atoms with van der Waals surface area (Å²) in [5.74, 6) is -0.368. The van der Waals surface area contributed by atoms with Crippen LogP contribution in [-0.4, -0.2) is 26.2 Å². The minimum atomic E-state index is -0.245. The summed E-state index contributed by atoms with van der Waals surface area (Å²) in [5.41, 5.74) is 0. The van der Waals surface area contributed by atoms with Crippen LogP contribution in [0, 0.1) is 0 Å². The highest BCUT2D eigenvalue weighted by Gasteiger charge is 1.92. The van der Waals surface area contributed by atoms with Crippen molar-refractivity contribution in [3.8, 4) is 0 Å². The van der Waals surface area contributed by atoms with E-state index in [-0.39, 0.29) is 11.9 Å². The van der Waals surface area contributed by atoms with E-state index in [4.69, 9.17) is 0 Å². The first-order valence-corrected chi connectivity index (χ1v) is 3.69. The molecule has 0 bridgehead atoms. The Hall–Kier alpha value is -1.06. The summed E-state index contributed by atoms with van der Waals surface area (Å²) in [6.45, 7) is 3.30. The van der Waals surface area contributed by atoms with E-state index < -0.39 is 0 Å². The van der Waals surface area contributed by atoms with Crippen LogP contribution in [0.2, 0.25) is 0 Å². The molecule has 4 nitrogen and oxygen atoms in total. The van der Waals surface area contributed by atoms with Crippen LogP contribution in [0.1, 0.15) is 26.7 Å². The monoisotopic (exact) mass is 176 g/mol. The molecular weight excluding hydrogens is 160 g/mol. The van der Waals surface area contributed by atoms with Crippen molar-refractivity contribution < 1.29 is 19.1 Å². The van der Waals surface area contributed by atoms with Gasteiger partial charge in [0.15, 0.2) is 0 Å². The molecule has 0 aromatic carbocycles. The molecule has 12 heavy (non-hydrogen) atoms. The number of methoxy groups -OCH3 is 2. The Morgan fingerprint density at radius 3 is 1.67 bits per heavy atom. The van der Waals surface area contributed by atoms with Crippen molar-refractivity contribution in [1.29, 1.82) is 0 Å². The molecule has 0 fully saturated rings. The molecule has 0 heterocycles. The van der Waals surface area contributed by atoms with Crippen LogP contribution in [-0.2, 0) is 19.1 Å². The Morgan fingerprint density at radius 2 is 1.58 bits per heavy atom. The number of hydrogen-bond acceptors (Lipinski definition) is 4. The van der Waals surface area contributed by atoms with Crippen LogP contribution in [0.3, 0.4) is 0 Å². The second-order valence-corrected chi connectivity index (χ2v) is 2.02. The molecule has 0 rings (SSSR count). The molecule has 0 radical (unpaired) electrons. The quantitative estimate of drug-likeness (QED) is 0.592. The third kappa shape index (κ3) is 16.0. The lowest BCUT2D eigenvalue weighted by Gasteiger charge is -1.91. The van der Waals surface area contributed by atoms with E-state index >= 15 is 0 Å². The van der Waals surface area contributed by atoms with Gasteiger partial charge in [0, 0.05) is 13.3 Å². The molecule has 72 valence electrons. The summed E-state index contributed by atoms with van der Waals surface area (Å²) in [4.78, 5) is 19.8. The number of ether oxygens (including phenoxy) is 2. The predicted octanol–water partition coefficient (Wildman–Crippen LogP) is 1.14. The molecule has 0 aliphatic heterocycles. The minimum Gasteiger partial charge on any atom is -0.469 e. The summed E-state index contributed by atoms with van der Waals surface area (Å²) >= 11 is 0. The van der Waals surface area contributed by atoms with Crippen LogP contribution >= 0.6 is 0 Å². The van der Waals surface area contributed by atoms with Crippen molar-refractivity contribution in [2.24, 2.45) is 0 Å². The molecule has 0 saturated carbocycles. The van der Waals surface area contributed by atoms with Crippen molar-refractivity contribution in [3.63, 3.8) is 0 Å². The Balaban J connectivity index is 0. The molecule has 0 amide bonds. The highest BCUT2D eigenvalue weighted by Crippen LogP contribution is 1.86. The SMILES string of the molecule is CCCC(=O)OC.COC(C)=O. The first kappa shape index (κ1) is 13.5. The fourth-order valence-electron chi connectivity index (χ4n) is 0.306. The topological polar surface area (TPSA) is 52.6 Å². The van der Waals surface area contributed by atoms with Gasteiger partial charge in [-0.25, -0.2) is 0 Å². The third-order valence-electron chi connectivity index (χ3n) is 0.969. The molecule has 0 aliphatic carbocycles. The normalized spacial score (nSPS) is 7.67. The molecule has 0 N–H and O–H groups in total. The highest BCUT2D eigenvalue weighted by atomic mass is 16.5. The van der Waals surface area contributed by atoms with Gasteiger partial charge in [-0.15, -0.1) is 0 Å². The molecule has 0 unspecified atom stereocenters. The van der Waals surface area contributed by atoms with E-state index in [0.717, 1.165) is 6.42 Å². The van der Waals surface area contributed by atoms with Gasteiger partial charge in [-0.1, -0.05) is 6.92 Å². The second-order valence-electron chi connectivity index (χ2n) is 2.02. The van der Waals surface area contributed by atoms with E-state index in [1.165, 1.54) is 21.1 Å². The number of carbonyl (C=O) groups is 2. The van der Waals surface area contributed by atoms with Gasteiger partial charge in [0.1, 0.15) is 0 Å². The first-order valence-electron chi connectivity index (χ1n) is 3.69. The summed E-state index contributed by atoms with van der Waals surface area (Å²) in [7, 11) is 2.75. The Bertz CT molecular complexity index is 131. The van der Waals surface area contributed by atoms with Crippen LogP contribution in [0.15, 0.2) is 0 Å². The van der Waals surface area contributed by atoms with Crippen molar-refractivity contribution in [1.82, 2.24) is 0 Å². The maximum Gasteiger partial charge on any atom is 0.305 e. The Labute approximate surface area is 72.8 Å². The van der Waals surface area contributed by atoms with Gasteiger partial charge < -0.3 is 9.47 Å². The van der Waals surface area contributed by atoms with Crippen molar-refractivity contribution in [2.45, 2.75) is 26.7 Å². The standard InChI is InChI=1S/C5H10O2.C3H6O2/c1-3-4-5(6)7-2;1-3(4)5-2/h3-4H2,1-2H3;1-2H3. The van der Waals surface area contributed by atoms with Gasteiger partial charge in [-0.3, -0.25) is 9.59 Å². The molecule has 0 aliphatic rings. The number of carbonyl (C=O) groups excluding carboxylic acids is 2. The smallest absolute Gasteiger partial charge is 0.305 e. The molecule has 4 heteroatoms. The maximum atomic E-state index is 10.2. The lowest BCUT2D eigenvalue weighted by Crippen LogP contribution is -1.97. The number of rotatable bonds is 2. The lowest BCUT2D eigenvalue weighted by atomic mass is 10.3. The van der Waals surface area contributed by atoms with Gasteiger partial charge in [-0.2, -0.15) is 0 Å². The zero-order chi connectivity index (χ0) is 9.98. The zero-order valence-corrected chi connectivity index (χ0v) is 8.05. The first-order chi connectivity index (χ1) is 5.58. The van der Waals surface area contributed by atoms with Crippen molar-refractivity contribution in [3.05, 3.63) is 0 Å². The van der Waals surface area contributed by atoms with E-state index in [1.807, 2.05) is 6.92 Å². The van der Waals surface area contributed by atoms with Crippen LogP contribution in [0.5, 0.6) is 0 Å². The fourth-order valence-corrected chi connectivity index (χ4v) is 0.306. The van der Waals surface area contributed by atoms with Gasteiger partial charge in [0.2, 0.25) is 0 Å². The number of esters is 2. The zero-order valence-electron chi connectivity index (χ0n) is 8.05.